The van der Waals surface area contributed by atoms with Crippen LogP contribution in [0.5, 0.6) is 0 Å². The van der Waals surface area contributed by atoms with Crippen molar-refractivity contribution in [3.63, 3.8) is 0 Å². The standard InChI is InChI=1S/C44H77NO7/c1-6-10-11-12-13-14-15-16-17-18-19-20-21-22-23-25-41(46)50-34-40(36-52-43(48)49-27-24-26-45(8-3)9-4)35-51-42(47)33-44-30-37(5)28-39(32-44)29-38(7-2)31-44/h13-14,16-17,37-40H,6-12,15,18-36H2,1-5H3/b14-13-,17-16-/t37?,38-,39?,40?,44-/m0/s1. The Hall–Kier alpha value is -2.35. The highest BCUT2D eigenvalue weighted by Gasteiger charge is 2.46. The average Bonchev–Trinajstić information content (AvgIpc) is 3.12. The Labute approximate surface area is 318 Å². The van der Waals surface area contributed by atoms with Crippen LogP contribution in [0.25, 0.3) is 0 Å². The van der Waals surface area contributed by atoms with Crippen LogP contribution in [0.15, 0.2) is 24.3 Å². The van der Waals surface area contributed by atoms with E-state index in [-0.39, 0.29) is 43.8 Å². The van der Waals surface area contributed by atoms with Gasteiger partial charge in [0.25, 0.3) is 0 Å². The van der Waals surface area contributed by atoms with Crippen LogP contribution in [0.3, 0.4) is 0 Å². The van der Waals surface area contributed by atoms with Gasteiger partial charge in [0.1, 0.15) is 19.8 Å². The van der Waals surface area contributed by atoms with Crippen molar-refractivity contribution in [2.75, 3.05) is 46.1 Å². The number of fused-ring (bicyclic) bond motifs is 2. The van der Waals surface area contributed by atoms with Crippen LogP contribution in [0.2, 0.25) is 0 Å². The lowest BCUT2D eigenvalue weighted by Crippen LogP contribution is -2.41. The van der Waals surface area contributed by atoms with Gasteiger partial charge < -0.3 is 23.8 Å². The van der Waals surface area contributed by atoms with Gasteiger partial charge in [-0.2, -0.15) is 0 Å². The molecule has 0 aromatic heterocycles. The summed E-state index contributed by atoms with van der Waals surface area (Å²) in [6.45, 7) is 14.1. The minimum atomic E-state index is -0.749. The van der Waals surface area contributed by atoms with Crippen LogP contribution < -0.4 is 0 Å². The van der Waals surface area contributed by atoms with Gasteiger partial charge in [-0.3, -0.25) is 9.59 Å². The van der Waals surface area contributed by atoms with Crippen LogP contribution in [0.4, 0.5) is 4.79 Å². The number of ether oxygens (including phenoxy) is 4. The van der Waals surface area contributed by atoms with Crippen molar-refractivity contribution in [2.45, 2.75) is 163 Å². The fourth-order valence-electron chi connectivity index (χ4n) is 8.50. The normalized spacial score (nSPS) is 22.2. The first-order valence-corrected chi connectivity index (χ1v) is 21.3. The van der Waals surface area contributed by atoms with E-state index in [1.54, 1.807) is 0 Å². The maximum absolute atomic E-state index is 13.3. The first-order valence-electron chi connectivity index (χ1n) is 21.3. The van der Waals surface area contributed by atoms with E-state index in [2.05, 4.69) is 63.8 Å². The number of rotatable bonds is 29. The molecule has 0 spiro atoms. The number of esters is 2. The maximum atomic E-state index is 13.3. The largest absolute Gasteiger partial charge is 0.508 e. The van der Waals surface area contributed by atoms with Crippen LogP contribution in [0.1, 0.15) is 163 Å². The summed E-state index contributed by atoms with van der Waals surface area (Å²) in [5.74, 6) is 1.08. The predicted molar refractivity (Wildman–Crippen MR) is 211 cm³/mol. The number of carbonyl (C=O) groups excluding carboxylic acids is 3. The highest BCUT2D eigenvalue weighted by atomic mass is 16.7. The van der Waals surface area contributed by atoms with E-state index in [4.69, 9.17) is 18.9 Å². The van der Waals surface area contributed by atoms with Gasteiger partial charge in [0.2, 0.25) is 0 Å². The number of hydrogen-bond donors (Lipinski definition) is 0. The summed E-state index contributed by atoms with van der Waals surface area (Å²) in [4.78, 5) is 40.5. The van der Waals surface area contributed by atoms with Gasteiger partial charge in [0, 0.05) is 13.0 Å². The van der Waals surface area contributed by atoms with Gasteiger partial charge in [-0.1, -0.05) is 97.4 Å². The van der Waals surface area contributed by atoms with Gasteiger partial charge in [-0.25, -0.2) is 4.79 Å². The summed E-state index contributed by atoms with van der Waals surface area (Å²) in [6, 6.07) is 0. The molecule has 2 bridgehead atoms. The van der Waals surface area contributed by atoms with Crippen molar-refractivity contribution >= 4 is 18.1 Å². The van der Waals surface area contributed by atoms with Crippen LogP contribution in [0, 0.1) is 29.1 Å². The maximum Gasteiger partial charge on any atom is 0.508 e. The molecule has 2 fully saturated rings. The first kappa shape index (κ1) is 45.8. The summed E-state index contributed by atoms with van der Waals surface area (Å²) in [6.07, 6.45) is 29.2. The molecule has 2 aliphatic carbocycles. The zero-order chi connectivity index (χ0) is 37.9. The van der Waals surface area contributed by atoms with Crippen molar-refractivity contribution < 1.29 is 33.3 Å². The molecule has 300 valence electrons. The Balaban J connectivity index is 1.74. The molecule has 0 aromatic rings. The van der Waals surface area contributed by atoms with Crippen molar-refractivity contribution in [3.8, 4) is 0 Å². The third-order valence-corrected chi connectivity index (χ3v) is 11.2. The molecule has 2 rings (SSSR count). The van der Waals surface area contributed by atoms with E-state index < -0.39 is 12.1 Å². The molecule has 2 saturated carbocycles. The molecule has 0 saturated heterocycles. The minimum Gasteiger partial charge on any atom is -0.465 e. The zero-order valence-electron chi connectivity index (χ0n) is 34.0. The van der Waals surface area contributed by atoms with Crippen LogP contribution in [-0.2, 0) is 28.5 Å². The molecular weight excluding hydrogens is 654 g/mol. The van der Waals surface area contributed by atoms with Gasteiger partial charge in [0.05, 0.1) is 18.9 Å². The van der Waals surface area contributed by atoms with E-state index in [0.29, 0.717) is 30.6 Å². The Kier molecular flexibility index (Phi) is 24.8. The highest BCUT2D eigenvalue weighted by Crippen LogP contribution is 2.55. The average molecular weight is 732 g/mol. The van der Waals surface area contributed by atoms with E-state index in [0.717, 1.165) is 90.3 Å². The summed E-state index contributed by atoms with van der Waals surface area (Å²) in [5, 5.41) is 0. The van der Waals surface area contributed by atoms with Gasteiger partial charge in [0.15, 0.2) is 0 Å². The van der Waals surface area contributed by atoms with Crippen LogP contribution in [-0.4, -0.2) is 69.1 Å². The lowest BCUT2D eigenvalue weighted by atomic mass is 9.55. The number of hydrogen-bond acceptors (Lipinski definition) is 8. The Morgan fingerprint density at radius 1 is 0.712 bits per heavy atom. The second kappa shape index (κ2) is 28.1. The predicted octanol–water partition coefficient (Wildman–Crippen LogP) is 11.0. The second-order valence-corrected chi connectivity index (χ2v) is 16.0. The first-order chi connectivity index (χ1) is 25.2. The van der Waals surface area contributed by atoms with Crippen LogP contribution >= 0.6 is 0 Å². The third-order valence-electron chi connectivity index (χ3n) is 11.2. The molecule has 0 amide bonds. The highest BCUT2D eigenvalue weighted by molar-refractivity contribution is 5.70. The van der Waals surface area contributed by atoms with E-state index in [1.807, 2.05) is 0 Å². The molecule has 8 nitrogen and oxygen atoms in total. The monoisotopic (exact) mass is 732 g/mol. The molecule has 0 radical (unpaired) electrons. The minimum absolute atomic E-state index is 0.0211. The summed E-state index contributed by atoms with van der Waals surface area (Å²) in [5.41, 5.74) is 0.0211. The molecule has 0 aliphatic heterocycles. The van der Waals surface area contributed by atoms with Crippen molar-refractivity contribution in [2.24, 2.45) is 29.1 Å². The molecule has 3 unspecified atom stereocenters. The van der Waals surface area contributed by atoms with Crippen molar-refractivity contribution in [1.82, 2.24) is 4.90 Å². The van der Waals surface area contributed by atoms with Gasteiger partial charge in [-0.05, 0) is 113 Å². The number of allylic oxidation sites excluding steroid dienone is 4. The zero-order valence-corrected chi connectivity index (χ0v) is 34.0. The Bertz CT molecular complexity index is 1020. The quantitative estimate of drug-likeness (QED) is 0.0325. The Morgan fingerprint density at radius 2 is 1.37 bits per heavy atom. The topological polar surface area (TPSA) is 91.4 Å². The fourth-order valence-corrected chi connectivity index (χ4v) is 8.50. The molecule has 52 heavy (non-hydrogen) atoms. The van der Waals surface area contributed by atoms with E-state index in [1.165, 1.54) is 44.9 Å². The summed E-state index contributed by atoms with van der Waals surface area (Å²) >= 11 is 0. The third kappa shape index (κ3) is 20.8. The lowest BCUT2D eigenvalue weighted by molar-refractivity contribution is -0.153. The van der Waals surface area contributed by atoms with Crippen molar-refractivity contribution in [3.05, 3.63) is 24.3 Å². The summed E-state index contributed by atoms with van der Waals surface area (Å²) < 4.78 is 22.1. The van der Waals surface area contributed by atoms with Gasteiger partial charge in [-0.15, -0.1) is 0 Å². The molecule has 5 atom stereocenters. The smallest absolute Gasteiger partial charge is 0.465 e. The number of nitrogens with zero attached hydrogens (tertiary/aromatic N) is 1. The molecule has 0 aromatic carbocycles. The lowest BCUT2D eigenvalue weighted by Gasteiger charge is -2.50. The van der Waals surface area contributed by atoms with Gasteiger partial charge >= 0.3 is 18.1 Å². The number of unbranched alkanes of at least 4 members (excludes halogenated alkanes) is 8. The molecule has 0 heterocycles. The Morgan fingerprint density at radius 3 is 2.06 bits per heavy atom. The molecular formula is C44H77NO7. The van der Waals surface area contributed by atoms with E-state index >= 15 is 0 Å². The molecule has 2 aliphatic rings. The summed E-state index contributed by atoms with van der Waals surface area (Å²) in [7, 11) is 0. The molecule has 0 N–H and O–H groups in total. The number of carbonyl (C=O) groups is 3. The van der Waals surface area contributed by atoms with E-state index in [9.17, 15) is 14.4 Å². The van der Waals surface area contributed by atoms with Crippen molar-refractivity contribution in [1.29, 1.82) is 0 Å². The molecule has 8 heteroatoms. The fraction of sp³-hybridized carbons (Fsp3) is 0.841. The second-order valence-electron chi connectivity index (χ2n) is 16.0. The SMILES string of the molecule is CCCCC/C=C\C/C=C\CCCCCCCC(=O)OCC(COC(=O)C[C@@]12CC(C)CC(C[C@H](CC)C1)C2)COC(=O)OCCCN(CC)CC.